The van der Waals surface area contributed by atoms with Gasteiger partial charge in [-0.2, -0.15) is 0 Å². The molecule has 110 valence electrons. The van der Waals surface area contributed by atoms with Gasteiger partial charge >= 0.3 is 0 Å². The zero-order chi connectivity index (χ0) is 14.8. The number of aliphatic hydroxyl groups is 2. The summed E-state index contributed by atoms with van der Waals surface area (Å²) in [6, 6.07) is 0. The molecule has 0 aromatic rings. The van der Waals surface area contributed by atoms with Crippen molar-refractivity contribution in [1.29, 1.82) is 0 Å². The number of rotatable bonds is 7. The van der Waals surface area contributed by atoms with Crippen LogP contribution >= 0.6 is 0 Å². The maximum atomic E-state index is 8.39. The molecule has 0 unspecified atom stereocenters. The maximum Gasteiger partial charge on any atom is 0.125 e. The van der Waals surface area contributed by atoms with Crippen LogP contribution in [0.5, 0.6) is 0 Å². The zero-order valence-electron chi connectivity index (χ0n) is 9.64. The number of hydrogen-bond donors (Lipinski definition) is 4. The predicted octanol–water partition coefficient (Wildman–Crippen LogP) is -4.38. The Morgan fingerprint density at radius 2 is 0.944 bits per heavy atom. The molecule has 0 fully saturated rings. The van der Waals surface area contributed by atoms with Crippen molar-refractivity contribution in [2.24, 2.45) is 0 Å². The van der Waals surface area contributed by atoms with Gasteiger partial charge in [-0.3, -0.25) is 0 Å². The first-order valence-corrected chi connectivity index (χ1v) is 4.86. The Bertz CT molecular complexity index is 164. The number of quaternary nitrogens is 2. The van der Waals surface area contributed by atoms with Crippen LogP contribution in [-0.2, 0) is 0 Å². The molecule has 0 radical (unpaired) electrons. The molecule has 0 amide bonds. The molecule has 0 aliphatic heterocycles. The summed E-state index contributed by atoms with van der Waals surface area (Å²) >= 11 is 0. The second kappa shape index (κ2) is 20.6. The molecule has 6 N–H and O–H groups in total. The van der Waals surface area contributed by atoms with Crippen LogP contribution in [0.2, 0.25) is 0 Å². The summed E-state index contributed by atoms with van der Waals surface area (Å²) in [6.07, 6.45) is 0. The monoisotopic (exact) mass is 274 g/mol. The number of nitrogens with two attached hydrogens (primary N) is 2. The van der Waals surface area contributed by atoms with Crippen LogP contribution in [0.4, 0.5) is 0 Å². The fraction of sp³-hybridized carbons (Fsp3) is 1.00. The highest BCUT2D eigenvalue weighted by Crippen LogP contribution is 1.45. The molecule has 0 aliphatic rings. The van der Waals surface area contributed by atoms with Crippen LogP contribution in [0.15, 0.2) is 0 Å². The lowest BCUT2D eigenvalue weighted by molar-refractivity contribution is -0.724. The van der Waals surface area contributed by atoms with Gasteiger partial charge in [-0.25, -0.2) is 0 Å². The summed E-state index contributed by atoms with van der Waals surface area (Å²) in [5.41, 5.74) is 0. The highest BCUT2D eigenvalue weighted by atomic mass is 16.9. The molecule has 0 saturated carbocycles. The topological polar surface area (TPSA) is 206 Å². The minimum Gasteiger partial charge on any atom is -0.391 e. The molecule has 0 rings (SSSR count). The van der Waals surface area contributed by atoms with E-state index in [0.29, 0.717) is 0 Å². The third-order valence-corrected chi connectivity index (χ3v) is 1.24. The van der Waals surface area contributed by atoms with E-state index in [-0.39, 0.29) is 13.2 Å². The molecule has 18 heavy (non-hydrogen) atoms. The van der Waals surface area contributed by atoms with Gasteiger partial charge < -0.3 is 51.5 Å². The lowest BCUT2D eigenvalue weighted by atomic mass is 10.5. The van der Waals surface area contributed by atoms with E-state index in [1.807, 2.05) is 0 Å². The van der Waals surface area contributed by atoms with Crippen LogP contribution in [0.25, 0.3) is 0 Å². The number of nitrogens with zero attached hydrogens (tertiary/aromatic N) is 2. The molecule has 12 heteroatoms. The molecule has 12 nitrogen and oxygen atoms in total. The summed E-state index contributed by atoms with van der Waals surface area (Å²) < 4.78 is 0. The van der Waals surface area contributed by atoms with Crippen LogP contribution in [0, 0.1) is 30.6 Å². The normalized spacial score (nSPS) is 8.33. The van der Waals surface area contributed by atoms with Gasteiger partial charge in [0.2, 0.25) is 0 Å². The third-order valence-electron chi connectivity index (χ3n) is 1.24. The van der Waals surface area contributed by atoms with E-state index in [4.69, 9.17) is 40.9 Å². The fourth-order valence-electron chi connectivity index (χ4n) is 0.707. The van der Waals surface area contributed by atoms with Gasteiger partial charge in [-0.1, -0.05) is 0 Å². The first-order chi connectivity index (χ1) is 8.38. The van der Waals surface area contributed by atoms with Gasteiger partial charge in [0.15, 0.2) is 0 Å². The highest BCUT2D eigenvalue weighted by molar-refractivity contribution is 4.19. The van der Waals surface area contributed by atoms with Crippen LogP contribution < -0.4 is 10.6 Å². The lowest BCUT2D eigenvalue weighted by Crippen LogP contribution is -2.95. The average Bonchev–Trinajstić information content (AvgIpc) is 2.22. The molecule has 0 aromatic carbocycles. The summed E-state index contributed by atoms with van der Waals surface area (Å²) in [4.78, 5) is 16.5. The lowest BCUT2D eigenvalue weighted by Gasteiger charge is -1.97. The standard InChI is InChI=1S/C6H16N2O2.2NO3/c9-5-3-7-1-2-8-4-6-10;2*2-1(3)4/h7-10H,1-6H2;;/q;2*-1/p+2. The third kappa shape index (κ3) is 90.9. The fourth-order valence-corrected chi connectivity index (χ4v) is 0.707. The van der Waals surface area contributed by atoms with E-state index in [0.717, 1.165) is 26.2 Å². The molecule has 0 spiro atoms. The van der Waals surface area contributed by atoms with E-state index < -0.39 is 10.2 Å². The zero-order valence-corrected chi connectivity index (χ0v) is 9.64. The highest BCUT2D eigenvalue weighted by Gasteiger charge is 1.90. The predicted molar refractivity (Wildman–Crippen MR) is 58.2 cm³/mol. The molecule has 0 bridgehead atoms. The molecule has 0 saturated heterocycles. The van der Waals surface area contributed by atoms with Crippen molar-refractivity contribution in [3.05, 3.63) is 30.6 Å². The first kappa shape index (κ1) is 21.5. The summed E-state index contributed by atoms with van der Waals surface area (Å²) in [5, 5.41) is 50.4. The van der Waals surface area contributed by atoms with Crippen LogP contribution in [0.3, 0.4) is 0 Å². The van der Waals surface area contributed by atoms with Gasteiger partial charge in [-0.05, 0) is 0 Å². The van der Waals surface area contributed by atoms with Crippen molar-refractivity contribution < 1.29 is 31.0 Å². The first-order valence-electron chi connectivity index (χ1n) is 4.86. The Kier molecular flexibility index (Phi) is 24.7. The number of hydrogen-bond acceptors (Lipinski definition) is 8. The van der Waals surface area contributed by atoms with Crippen LogP contribution in [0.1, 0.15) is 0 Å². The summed E-state index contributed by atoms with van der Waals surface area (Å²) in [6.45, 7) is 4.10. The Labute approximate surface area is 102 Å². The van der Waals surface area contributed by atoms with Crippen LogP contribution in [-0.4, -0.2) is 59.8 Å². The van der Waals surface area contributed by atoms with E-state index in [1.54, 1.807) is 0 Å². The molecular formula is C6H18N4O8. The van der Waals surface area contributed by atoms with Gasteiger partial charge in [-0.15, -0.1) is 0 Å². The average molecular weight is 274 g/mol. The molecule has 0 atom stereocenters. The minimum atomic E-state index is -1.75. The smallest absolute Gasteiger partial charge is 0.125 e. The minimum absolute atomic E-state index is 0.250. The van der Waals surface area contributed by atoms with Crippen molar-refractivity contribution in [2.45, 2.75) is 0 Å². The van der Waals surface area contributed by atoms with E-state index in [9.17, 15) is 0 Å². The quantitative estimate of drug-likeness (QED) is 0.202. The van der Waals surface area contributed by atoms with E-state index in [2.05, 4.69) is 10.6 Å². The molecular weight excluding hydrogens is 256 g/mol. The Hall–Kier alpha value is -1.76. The summed E-state index contributed by atoms with van der Waals surface area (Å²) in [5.74, 6) is 0. The van der Waals surface area contributed by atoms with Crippen molar-refractivity contribution in [3.63, 3.8) is 0 Å². The molecule has 0 aliphatic carbocycles. The van der Waals surface area contributed by atoms with Gasteiger partial charge in [0.25, 0.3) is 0 Å². The molecule has 0 aromatic heterocycles. The molecule has 0 heterocycles. The Morgan fingerprint density at radius 3 is 1.11 bits per heavy atom. The van der Waals surface area contributed by atoms with Crippen molar-refractivity contribution in [2.75, 3.05) is 39.4 Å². The van der Waals surface area contributed by atoms with Crippen molar-refractivity contribution in [3.8, 4) is 0 Å². The largest absolute Gasteiger partial charge is 0.391 e. The second-order valence-electron chi connectivity index (χ2n) is 2.63. The van der Waals surface area contributed by atoms with Gasteiger partial charge in [0, 0.05) is 0 Å². The van der Waals surface area contributed by atoms with Crippen molar-refractivity contribution in [1.82, 2.24) is 0 Å². The SMILES string of the molecule is O=[N+]([O-])[O-].O=[N+]([O-])[O-].OCC[NH2+]CC[NH2+]CCO. The maximum absolute atomic E-state index is 8.39. The summed E-state index contributed by atoms with van der Waals surface area (Å²) in [7, 11) is 0. The Morgan fingerprint density at radius 1 is 0.722 bits per heavy atom. The van der Waals surface area contributed by atoms with E-state index in [1.165, 1.54) is 0 Å². The second-order valence-corrected chi connectivity index (χ2v) is 2.63. The van der Waals surface area contributed by atoms with E-state index >= 15 is 0 Å². The van der Waals surface area contributed by atoms with Gasteiger partial charge in [0.05, 0.1) is 36.5 Å². The van der Waals surface area contributed by atoms with Crippen molar-refractivity contribution >= 4 is 0 Å². The van der Waals surface area contributed by atoms with Gasteiger partial charge in [0.1, 0.15) is 13.1 Å². The Balaban J connectivity index is -0.000000233. The number of aliphatic hydroxyl groups excluding tert-OH is 2.